The quantitative estimate of drug-likeness (QED) is 0.273. The molecule has 6 unspecified atom stereocenters. The van der Waals surface area contributed by atoms with Gasteiger partial charge in [-0.3, -0.25) is 19.2 Å². The minimum absolute atomic E-state index is 0.284. The molecule has 204 valence electrons. The Labute approximate surface area is 218 Å². The van der Waals surface area contributed by atoms with Gasteiger partial charge in [0, 0.05) is 45.6 Å². The molecule has 37 heavy (non-hydrogen) atoms. The second-order valence-corrected chi connectivity index (χ2v) is 9.77. The van der Waals surface area contributed by atoms with Crippen molar-refractivity contribution in [1.82, 2.24) is 0 Å². The molecule has 0 amide bonds. The van der Waals surface area contributed by atoms with Gasteiger partial charge in [0.2, 0.25) is 6.29 Å². The van der Waals surface area contributed by atoms with Crippen LogP contribution in [0, 0.1) is 11.8 Å². The van der Waals surface area contributed by atoms with Gasteiger partial charge in [0.25, 0.3) is 0 Å². The van der Waals surface area contributed by atoms with Gasteiger partial charge in [-0.25, -0.2) is 0 Å². The van der Waals surface area contributed by atoms with Gasteiger partial charge in [0.1, 0.15) is 6.10 Å². The molecule has 0 aromatic heterocycles. The Morgan fingerprint density at radius 2 is 1.59 bits per heavy atom. The topological polar surface area (TPSA) is 114 Å². The average Bonchev–Trinajstić information content (AvgIpc) is 2.79. The highest BCUT2D eigenvalue weighted by Crippen LogP contribution is 2.44. The van der Waals surface area contributed by atoms with Crippen molar-refractivity contribution in [2.75, 3.05) is 0 Å². The molecule has 0 spiro atoms. The van der Waals surface area contributed by atoms with Crippen molar-refractivity contribution in [2.24, 2.45) is 11.8 Å². The van der Waals surface area contributed by atoms with E-state index in [-0.39, 0.29) is 12.3 Å². The number of allylic oxidation sites excluding steroid dienone is 2. The highest BCUT2D eigenvalue weighted by Gasteiger charge is 2.46. The summed E-state index contributed by atoms with van der Waals surface area (Å²) < 4.78 is 28.2. The van der Waals surface area contributed by atoms with Crippen LogP contribution in [0.4, 0.5) is 0 Å². The van der Waals surface area contributed by atoms with E-state index in [1.165, 1.54) is 34.0 Å². The Bertz CT molecular complexity index is 999. The largest absolute Gasteiger partial charge is 0.462 e. The lowest BCUT2D eigenvalue weighted by atomic mass is 9.74. The summed E-state index contributed by atoms with van der Waals surface area (Å²) in [5.74, 6) is -2.93. The number of rotatable bonds is 7. The minimum Gasteiger partial charge on any atom is -0.462 e. The Morgan fingerprint density at radius 3 is 2.14 bits per heavy atom. The first kappa shape index (κ1) is 29.9. The number of fused-ring (bicyclic) bond motifs is 1. The average molecular weight is 519 g/mol. The summed E-state index contributed by atoms with van der Waals surface area (Å²) in [6, 6.07) is 0. The van der Waals surface area contributed by atoms with E-state index < -0.39 is 54.4 Å². The normalized spacial score (nSPS) is 25.1. The summed E-state index contributed by atoms with van der Waals surface area (Å²) in [5.41, 5.74) is 3.08. The van der Waals surface area contributed by atoms with Gasteiger partial charge in [-0.1, -0.05) is 23.3 Å². The Hall–Kier alpha value is -3.36. The van der Waals surface area contributed by atoms with Crippen molar-refractivity contribution in [2.45, 2.75) is 92.3 Å². The fraction of sp³-hybridized carbons (Fsp3) is 0.571. The highest BCUT2D eigenvalue weighted by molar-refractivity contribution is 5.68. The predicted molar refractivity (Wildman–Crippen MR) is 135 cm³/mol. The summed E-state index contributed by atoms with van der Waals surface area (Å²) >= 11 is 0. The number of carbonyl (C=O) groups is 4. The minimum atomic E-state index is -0.983. The molecule has 0 N–H and O–H groups in total. The van der Waals surface area contributed by atoms with Crippen molar-refractivity contribution in [1.29, 1.82) is 0 Å². The van der Waals surface area contributed by atoms with Crippen LogP contribution < -0.4 is 0 Å². The van der Waals surface area contributed by atoms with E-state index in [2.05, 4.69) is 6.58 Å². The van der Waals surface area contributed by atoms with E-state index in [1.54, 1.807) is 6.08 Å². The van der Waals surface area contributed by atoms with Crippen molar-refractivity contribution in [3.8, 4) is 0 Å². The standard InChI is InChI=1S/C28H38O9/c1-15(2)11-25(35-19(6)30)27(36-20(7)31)24-14-33-28(37-21(8)32)26-17(4)13-22(34-18(5)29)12-16(3)9-10-23(24)26/h11-12,14,22-23,25-28H,4,9-10,13H2,1-3,5-8H3. The monoisotopic (exact) mass is 518 g/mol. The van der Waals surface area contributed by atoms with Gasteiger partial charge in [-0.15, -0.1) is 0 Å². The van der Waals surface area contributed by atoms with Gasteiger partial charge in [0.05, 0.1) is 12.2 Å². The lowest BCUT2D eigenvalue weighted by Crippen LogP contribution is -2.45. The summed E-state index contributed by atoms with van der Waals surface area (Å²) in [6.07, 6.45) is 3.09. The van der Waals surface area contributed by atoms with Crippen molar-refractivity contribution in [3.63, 3.8) is 0 Å². The van der Waals surface area contributed by atoms with Crippen LogP contribution in [0.15, 0.2) is 47.3 Å². The smallest absolute Gasteiger partial charge is 0.305 e. The molecule has 1 heterocycles. The van der Waals surface area contributed by atoms with Crippen LogP contribution in [-0.4, -0.2) is 48.5 Å². The second-order valence-electron chi connectivity index (χ2n) is 9.77. The molecular weight excluding hydrogens is 480 g/mol. The van der Waals surface area contributed by atoms with Crippen LogP contribution in [0.1, 0.15) is 67.7 Å². The third kappa shape index (κ3) is 8.91. The van der Waals surface area contributed by atoms with Crippen LogP contribution in [0.2, 0.25) is 0 Å². The zero-order valence-electron chi connectivity index (χ0n) is 22.7. The number of ether oxygens (including phenoxy) is 5. The zero-order valence-corrected chi connectivity index (χ0v) is 22.7. The Morgan fingerprint density at radius 1 is 0.973 bits per heavy atom. The van der Waals surface area contributed by atoms with Crippen LogP contribution in [-0.2, 0) is 42.9 Å². The van der Waals surface area contributed by atoms with E-state index in [0.29, 0.717) is 24.0 Å². The third-order valence-corrected chi connectivity index (χ3v) is 6.07. The maximum atomic E-state index is 12.2. The fourth-order valence-corrected chi connectivity index (χ4v) is 4.81. The predicted octanol–water partition coefficient (Wildman–Crippen LogP) is 4.47. The number of carbonyl (C=O) groups excluding carboxylic acids is 4. The van der Waals surface area contributed by atoms with Gasteiger partial charge in [-0.2, -0.15) is 0 Å². The molecule has 1 aliphatic heterocycles. The van der Waals surface area contributed by atoms with E-state index in [9.17, 15) is 19.2 Å². The third-order valence-electron chi connectivity index (χ3n) is 6.07. The van der Waals surface area contributed by atoms with Crippen molar-refractivity contribution < 1.29 is 42.9 Å². The fourth-order valence-electron chi connectivity index (χ4n) is 4.81. The first-order valence-corrected chi connectivity index (χ1v) is 12.3. The van der Waals surface area contributed by atoms with Crippen LogP contribution in [0.25, 0.3) is 0 Å². The molecule has 2 rings (SSSR count). The molecule has 9 heteroatoms. The molecule has 1 aliphatic carbocycles. The van der Waals surface area contributed by atoms with Crippen LogP contribution in [0.5, 0.6) is 0 Å². The van der Waals surface area contributed by atoms with Crippen LogP contribution in [0.3, 0.4) is 0 Å². The summed E-state index contributed by atoms with van der Waals surface area (Å²) in [7, 11) is 0. The van der Waals surface area contributed by atoms with Gasteiger partial charge in [0.15, 0.2) is 12.2 Å². The van der Waals surface area contributed by atoms with Gasteiger partial charge < -0.3 is 23.7 Å². The Kier molecular flexibility index (Phi) is 10.7. The molecule has 9 nitrogen and oxygen atoms in total. The molecule has 0 saturated heterocycles. The lowest BCUT2D eigenvalue weighted by molar-refractivity contribution is -0.182. The molecule has 0 aromatic rings. The lowest BCUT2D eigenvalue weighted by Gasteiger charge is -2.41. The maximum Gasteiger partial charge on any atom is 0.305 e. The van der Waals surface area contributed by atoms with Crippen molar-refractivity contribution >= 4 is 23.9 Å². The molecule has 0 fully saturated rings. The first-order valence-electron chi connectivity index (χ1n) is 12.3. The molecule has 0 aromatic carbocycles. The van der Waals surface area contributed by atoms with Crippen molar-refractivity contribution in [3.05, 3.63) is 47.3 Å². The molecule has 0 radical (unpaired) electrons. The molecule has 0 saturated carbocycles. The summed E-state index contributed by atoms with van der Waals surface area (Å²) in [5, 5.41) is 0. The summed E-state index contributed by atoms with van der Waals surface area (Å²) in [6.45, 7) is 15.1. The SMILES string of the molecule is C=C1CC(OC(C)=O)C=C(C)CCC2C(C(OC(C)=O)C(C=C(C)C)OC(C)=O)=COC(OC(C)=O)C12. The molecule has 6 atom stereocenters. The Balaban J connectivity index is 2.63. The number of esters is 4. The van der Waals surface area contributed by atoms with Gasteiger partial charge in [-0.05, 0) is 45.8 Å². The van der Waals surface area contributed by atoms with Crippen LogP contribution >= 0.6 is 0 Å². The molecular formula is C28H38O9. The van der Waals surface area contributed by atoms with E-state index >= 15 is 0 Å². The molecule has 0 bridgehead atoms. The highest BCUT2D eigenvalue weighted by atomic mass is 16.7. The second kappa shape index (κ2) is 13.3. The van der Waals surface area contributed by atoms with E-state index in [4.69, 9.17) is 23.7 Å². The zero-order chi connectivity index (χ0) is 27.9. The number of hydrogen-bond acceptors (Lipinski definition) is 9. The molecule has 2 aliphatic rings. The maximum absolute atomic E-state index is 12.2. The number of hydrogen-bond donors (Lipinski definition) is 0. The summed E-state index contributed by atoms with van der Waals surface area (Å²) in [4.78, 5) is 47.8. The van der Waals surface area contributed by atoms with E-state index in [1.807, 2.05) is 26.8 Å². The first-order chi connectivity index (χ1) is 17.3. The van der Waals surface area contributed by atoms with E-state index in [0.717, 1.165) is 11.1 Å². The van der Waals surface area contributed by atoms with Gasteiger partial charge >= 0.3 is 23.9 Å².